The van der Waals surface area contributed by atoms with Crippen LogP contribution in [0.5, 0.6) is 0 Å². The number of carbonyl (C=O) groups excluding carboxylic acids is 1. The van der Waals surface area contributed by atoms with E-state index in [-0.39, 0.29) is 22.2 Å². The number of H-pyrrole nitrogens is 2. The number of amides is 1. The van der Waals surface area contributed by atoms with Gasteiger partial charge in [-0.2, -0.15) is 18.3 Å². The average molecular weight is 369 g/mol. The molecule has 3 rings (SSSR count). The van der Waals surface area contributed by atoms with Crippen LogP contribution in [-0.4, -0.2) is 31.8 Å². The van der Waals surface area contributed by atoms with Crippen LogP contribution in [0.25, 0.3) is 11.0 Å². The number of thioether (sulfide) groups is 1. The first-order valence-electron chi connectivity index (χ1n) is 6.86. The van der Waals surface area contributed by atoms with Crippen LogP contribution < -0.4 is 10.9 Å². The first kappa shape index (κ1) is 17.0. The summed E-state index contributed by atoms with van der Waals surface area (Å²) >= 11 is 0.981. The van der Waals surface area contributed by atoms with Crippen LogP contribution in [-0.2, 0) is 11.0 Å². The van der Waals surface area contributed by atoms with E-state index >= 15 is 0 Å². The Morgan fingerprint density at radius 3 is 2.64 bits per heavy atom. The van der Waals surface area contributed by atoms with Gasteiger partial charge in [0.2, 0.25) is 5.91 Å². The van der Waals surface area contributed by atoms with Crippen LogP contribution in [0.15, 0.2) is 40.4 Å². The van der Waals surface area contributed by atoms with Crippen molar-refractivity contribution in [1.82, 2.24) is 20.2 Å². The van der Waals surface area contributed by atoms with Crippen LogP contribution in [0.2, 0.25) is 0 Å². The highest BCUT2D eigenvalue weighted by Gasteiger charge is 2.29. The molecule has 0 aliphatic heterocycles. The van der Waals surface area contributed by atoms with E-state index in [1.807, 2.05) is 0 Å². The van der Waals surface area contributed by atoms with Gasteiger partial charge in [-0.05, 0) is 24.3 Å². The molecule has 0 unspecified atom stereocenters. The van der Waals surface area contributed by atoms with E-state index in [9.17, 15) is 22.8 Å². The summed E-state index contributed by atoms with van der Waals surface area (Å²) in [6, 6.07) is 4.10. The second kappa shape index (κ2) is 6.59. The molecule has 0 aliphatic rings. The number of fused-ring (bicyclic) bond motifs is 1. The van der Waals surface area contributed by atoms with Crippen molar-refractivity contribution >= 4 is 34.4 Å². The van der Waals surface area contributed by atoms with Crippen LogP contribution >= 0.6 is 11.8 Å². The minimum absolute atomic E-state index is 0.0798. The molecule has 0 bridgehead atoms. The van der Waals surface area contributed by atoms with Crippen molar-refractivity contribution in [3.8, 4) is 0 Å². The maximum Gasteiger partial charge on any atom is 0.416 e. The molecule has 2 aromatic heterocycles. The number of anilines is 1. The number of benzene rings is 1. The largest absolute Gasteiger partial charge is 0.416 e. The van der Waals surface area contributed by atoms with Crippen molar-refractivity contribution < 1.29 is 18.0 Å². The van der Waals surface area contributed by atoms with E-state index in [2.05, 4.69) is 25.5 Å². The number of nitrogens with zero attached hydrogens (tertiary/aromatic N) is 2. The summed E-state index contributed by atoms with van der Waals surface area (Å²) in [7, 11) is 0. The lowest BCUT2D eigenvalue weighted by Crippen LogP contribution is -2.15. The summed E-state index contributed by atoms with van der Waals surface area (Å²) < 4.78 is 37.4. The molecule has 3 N–H and O–H groups in total. The lowest BCUT2D eigenvalue weighted by molar-refractivity contribution is -0.137. The first-order valence-corrected chi connectivity index (χ1v) is 7.85. The third-order valence-corrected chi connectivity index (χ3v) is 4.01. The standard InChI is InChI=1S/C14H10F3N5O2S/c15-14(16,17)7-1-3-8(4-2-7)19-10(23)6-25-13-20-11-9(5-18-22-11)12(24)21-13/h1-5H,6H2,(H,19,23)(H2,18,20,21,22,24). The zero-order chi connectivity index (χ0) is 18.0. The molecule has 0 spiro atoms. The molecule has 7 nitrogen and oxygen atoms in total. The summed E-state index contributed by atoms with van der Waals surface area (Å²) in [5.74, 6) is -0.527. The summed E-state index contributed by atoms with van der Waals surface area (Å²) in [4.78, 5) is 30.2. The predicted octanol–water partition coefficient (Wildman–Crippen LogP) is 2.40. The van der Waals surface area contributed by atoms with E-state index < -0.39 is 17.6 Å². The third kappa shape index (κ3) is 3.99. The minimum atomic E-state index is -4.43. The zero-order valence-electron chi connectivity index (χ0n) is 12.3. The highest BCUT2D eigenvalue weighted by Crippen LogP contribution is 2.29. The Labute approximate surface area is 142 Å². The zero-order valence-corrected chi connectivity index (χ0v) is 13.2. The molecule has 25 heavy (non-hydrogen) atoms. The fourth-order valence-electron chi connectivity index (χ4n) is 1.97. The number of hydrogen-bond donors (Lipinski definition) is 3. The van der Waals surface area contributed by atoms with Gasteiger partial charge in [-0.15, -0.1) is 0 Å². The molecule has 1 aromatic carbocycles. The van der Waals surface area contributed by atoms with Gasteiger partial charge in [-0.1, -0.05) is 11.8 Å². The highest BCUT2D eigenvalue weighted by atomic mass is 32.2. The lowest BCUT2D eigenvalue weighted by Gasteiger charge is -2.08. The van der Waals surface area contributed by atoms with E-state index in [0.29, 0.717) is 11.0 Å². The van der Waals surface area contributed by atoms with Gasteiger partial charge in [0, 0.05) is 5.69 Å². The van der Waals surface area contributed by atoms with Crippen molar-refractivity contribution in [3.05, 3.63) is 46.4 Å². The van der Waals surface area contributed by atoms with Gasteiger partial charge in [0.1, 0.15) is 5.39 Å². The molecule has 11 heteroatoms. The molecular formula is C14H10F3N5O2S. The summed E-state index contributed by atoms with van der Waals surface area (Å²) in [6.45, 7) is 0. The Morgan fingerprint density at radius 1 is 1.24 bits per heavy atom. The number of alkyl halides is 3. The van der Waals surface area contributed by atoms with Crippen molar-refractivity contribution in [2.24, 2.45) is 0 Å². The van der Waals surface area contributed by atoms with Gasteiger partial charge in [0.15, 0.2) is 10.8 Å². The third-order valence-electron chi connectivity index (χ3n) is 3.13. The molecule has 0 radical (unpaired) electrons. The fraction of sp³-hybridized carbons (Fsp3) is 0.143. The molecule has 2 heterocycles. The molecule has 130 valence electrons. The maximum atomic E-state index is 12.5. The van der Waals surface area contributed by atoms with Gasteiger partial charge in [0.25, 0.3) is 5.56 Å². The van der Waals surface area contributed by atoms with E-state index in [1.54, 1.807) is 0 Å². The Hall–Kier alpha value is -2.82. The van der Waals surface area contributed by atoms with Crippen LogP contribution in [0.4, 0.5) is 18.9 Å². The molecule has 0 atom stereocenters. The van der Waals surface area contributed by atoms with Crippen molar-refractivity contribution in [2.75, 3.05) is 11.1 Å². The van der Waals surface area contributed by atoms with E-state index in [1.165, 1.54) is 18.3 Å². The quantitative estimate of drug-likeness (QED) is 0.484. The fourth-order valence-corrected chi connectivity index (χ4v) is 2.63. The number of halogens is 3. The van der Waals surface area contributed by atoms with Gasteiger partial charge >= 0.3 is 6.18 Å². The van der Waals surface area contributed by atoms with Gasteiger partial charge < -0.3 is 10.3 Å². The summed E-state index contributed by atoms with van der Waals surface area (Å²) in [6.07, 6.45) is -3.09. The van der Waals surface area contributed by atoms with Crippen molar-refractivity contribution in [1.29, 1.82) is 0 Å². The van der Waals surface area contributed by atoms with Crippen molar-refractivity contribution in [3.63, 3.8) is 0 Å². The van der Waals surface area contributed by atoms with Crippen LogP contribution in [0.1, 0.15) is 5.56 Å². The molecule has 0 saturated heterocycles. The lowest BCUT2D eigenvalue weighted by atomic mass is 10.2. The molecule has 3 aromatic rings. The molecule has 0 saturated carbocycles. The SMILES string of the molecule is O=C(CSc1nc2[nH]ncc2c(=O)[nH]1)Nc1ccc(C(F)(F)F)cc1. The van der Waals surface area contributed by atoms with Crippen LogP contribution in [0, 0.1) is 0 Å². The molecule has 0 aliphatic carbocycles. The van der Waals surface area contributed by atoms with Gasteiger partial charge in [0.05, 0.1) is 17.5 Å². The Morgan fingerprint density at radius 2 is 1.96 bits per heavy atom. The number of rotatable bonds is 4. The number of nitrogens with one attached hydrogen (secondary N) is 3. The highest BCUT2D eigenvalue weighted by molar-refractivity contribution is 7.99. The Bertz CT molecular complexity index is 965. The normalized spacial score (nSPS) is 11.6. The smallest absolute Gasteiger partial charge is 0.325 e. The monoisotopic (exact) mass is 369 g/mol. The average Bonchev–Trinajstić information content (AvgIpc) is 3.02. The number of aromatic amines is 2. The maximum absolute atomic E-state index is 12.5. The van der Waals surface area contributed by atoms with Crippen LogP contribution in [0.3, 0.4) is 0 Å². The van der Waals surface area contributed by atoms with Crippen molar-refractivity contribution in [2.45, 2.75) is 11.3 Å². The first-order chi connectivity index (χ1) is 11.8. The molecule has 1 amide bonds. The second-order valence-corrected chi connectivity index (χ2v) is 5.88. The predicted molar refractivity (Wildman–Crippen MR) is 85.3 cm³/mol. The topological polar surface area (TPSA) is 104 Å². The Balaban J connectivity index is 1.61. The summed E-state index contributed by atoms with van der Waals surface area (Å²) in [5.41, 5.74) is -0.641. The van der Waals surface area contributed by atoms with E-state index in [4.69, 9.17) is 0 Å². The molecular weight excluding hydrogens is 359 g/mol. The number of hydrogen-bond acceptors (Lipinski definition) is 5. The molecule has 0 fully saturated rings. The number of carbonyl (C=O) groups is 1. The number of aromatic nitrogens is 4. The van der Waals surface area contributed by atoms with Gasteiger partial charge in [-0.3, -0.25) is 14.7 Å². The van der Waals surface area contributed by atoms with Gasteiger partial charge in [-0.25, -0.2) is 4.98 Å². The van der Waals surface area contributed by atoms with E-state index in [0.717, 1.165) is 23.9 Å². The summed E-state index contributed by atoms with van der Waals surface area (Å²) in [5, 5.41) is 9.26. The Kier molecular flexibility index (Phi) is 4.49. The minimum Gasteiger partial charge on any atom is -0.325 e. The second-order valence-electron chi connectivity index (χ2n) is 4.92.